The molecule has 0 spiro atoms. The fraction of sp³-hybridized carbons (Fsp3) is 0.323. The standard InChI is InChI=1S/C31H32N4O3/c36-30(33-20-26-9-4-16-38-26)23-6-3-5-22(17-23)24-18-28-27(10-11-29(28)32-19-24)21-12-14-35(15-13-21)31(37)34-25-7-1-2-8-25/h3-6,9-10,12,16-19,25H,1-2,7-8,11,13-15,20H2,(H,33,36)(H,34,37). The summed E-state index contributed by atoms with van der Waals surface area (Å²) < 4.78 is 5.30. The molecular weight excluding hydrogens is 476 g/mol. The highest BCUT2D eigenvalue weighted by Gasteiger charge is 2.25. The molecule has 1 aliphatic heterocycles. The Morgan fingerprint density at radius 1 is 1.05 bits per heavy atom. The Morgan fingerprint density at radius 2 is 1.95 bits per heavy atom. The maximum atomic E-state index is 12.7. The molecule has 0 unspecified atom stereocenters. The van der Waals surface area contributed by atoms with Gasteiger partial charge in [0.1, 0.15) is 5.76 Å². The summed E-state index contributed by atoms with van der Waals surface area (Å²) in [6.45, 7) is 1.70. The van der Waals surface area contributed by atoms with Gasteiger partial charge in [0.15, 0.2) is 0 Å². The first-order valence-corrected chi connectivity index (χ1v) is 13.5. The highest BCUT2D eigenvalue weighted by Crippen LogP contribution is 2.36. The van der Waals surface area contributed by atoms with Crippen LogP contribution in [-0.4, -0.2) is 41.0 Å². The Hall–Kier alpha value is -4.13. The lowest BCUT2D eigenvalue weighted by molar-refractivity contribution is 0.0948. The number of nitrogens with zero attached hydrogens (tertiary/aromatic N) is 2. The van der Waals surface area contributed by atoms with E-state index < -0.39 is 0 Å². The summed E-state index contributed by atoms with van der Waals surface area (Å²) in [6.07, 6.45) is 14.2. The van der Waals surface area contributed by atoms with Crippen LogP contribution in [0.5, 0.6) is 0 Å². The van der Waals surface area contributed by atoms with Crippen LogP contribution in [-0.2, 0) is 13.0 Å². The molecule has 0 radical (unpaired) electrons. The van der Waals surface area contributed by atoms with Crippen molar-refractivity contribution in [3.05, 3.63) is 95.2 Å². The average Bonchev–Trinajstić information content (AvgIpc) is 3.74. The molecule has 2 aromatic heterocycles. The normalized spacial score (nSPS) is 17.1. The van der Waals surface area contributed by atoms with Crippen LogP contribution >= 0.6 is 0 Å². The minimum absolute atomic E-state index is 0.0602. The van der Waals surface area contributed by atoms with E-state index >= 15 is 0 Å². The topological polar surface area (TPSA) is 87.5 Å². The second kappa shape index (κ2) is 10.7. The molecule has 2 N–H and O–H groups in total. The number of urea groups is 1. The molecule has 1 aromatic carbocycles. The van der Waals surface area contributed by atoms with E-state index in [1.165, 1.54) is 24.0 Å². The zero-order valence-electron chi connectivity index (χ0n) is 21.4. The molecule has 1 fully saturated rings. The Morgan fingerprint density at radius 3 is 2.74 bits per heavy atom. The van der Waals surface area contributed by atoms with Gasteiger partial charge in [0.05, 0.1) is 18.5 Å². The number of allylic oxidation sites excluding steroid dienone is 2. The van der Waals surface area contributed by atoms with Gasteiger partial charge in [-0.05, 0) is 66.3 Å². The highest BCUT2D eigenvalue weighted by molar-refractivity contribution is 5.95. The number of rotatable bonds is 6. The van der Waals surface area contributed by atoms with E-state index in [0.29, 0.717) is 30.5 Å². The third-order valence-corrected chi connectivity index (χ3v) is 7.75. The van der Waals surface area contributed by atoms with Gasteiger partial charge in [-0.1, -0.05) is 37.1 Å². The molecular formula is C31H32N4O3. The number of pyridine rings is 1. The van der Waals surface area contributed by atoms with E-state index in [2.05, 4.69) is 28.9 Å². The molecule has 3 amide bonds. The predicted molar refractivity (Wildman–Crippen MR) is 146 cm³/mol. The summed E-state index contributed by atoms with van der Waals surface area (Å²) in [5.41, 5.74) is 7.23. The zero-order chi connectivity index (χ0) is 25.9. The quantitative estimate of drug-likeness (QED) is 0.461. The zero-order valence-corrected chi connectivity index (χ0v) is 21.4. The van der Waals surface area contributed by atoms with Gasteiger partial charge in [-0.3, -0.25) is 9.78 Å². The average molecular weight is 509 g/mol. The van der Waals surface area contributed by atoms with Crippen LogP contribution in [0.15, 0.2) is 77.1 Å². The molecule has 6 rings (SSSR count). The molecule has 194 valence electrons. The number of benzene rings is 1. The molecule has 3 heterocycles. The number of carbonyl (C=O) groups is 2. The van der Waals surface area contributed by atoms with Gasteiger partial charge in [0.25, 0.3) is 5.91 Å². The first-order valence-electron chi connectivity index (χ1n) is 13.5. The van der Waals surface area contributed by atoms with Crippen LogP contribution in [0.25, 0.3) is 16.7 Å². The van der Waals surface area contributed by atoms with E-state index in [1.807, 2.05) is 41.4 Å². The molecule has 7 nitrogen and oxygen atoms in total. The van der Waals surface area contributed by atoms with Crippen molar-refractivity contribution in [1.82, 2.24) is 20.5 Å². The lowest BCUT2D eigenvalue weighted by Gasteiger charge is -2.28. The van der Waals surface area contributed by atoms with Crippen molar-refractivity contribution < 1.29 is 14.0 Å². The molecule has 0 bridgehead atoms. The van der Waals surface area contributed by atoms with Gasteiger partial charge in [0, 0.05) is 48.4 Å². The van der Waals surface area contributed by atoms with Crippen LogP contribution in [0.1, 0.15) is 59.5 Å². The van der Waals surface area contributed by atoms with Crippen molar-refractivity contribution in [3.8, 4) is 11.1 Å². The Balaban J connectivity index is 1.15. The fourth-order valence-electron chi connectivity index (χ4n) is 5.62. The summed E-state index contributed by atoms with van der Waals surface area (Å²) in [5.74, 6) is 0.568. The molecule has 7 heteroatoms. The number of carbonyl (C=O) groups excluding carboxylic acids is 2. The highest BCUT2D eigenvalue weighted by atomic mass is 16.3. The van der Waals surface area contributed by atoms with Crippen molar-refractivity contribution in [2.45, 2.75) is 51.1 Å². The lowest BCUT2D eigenvalue weighted by Crippen LogP contribution is -2.45. The molecule has 3 aromatic rings. The Bertz CT molecular complexity index is 1400. The number of amides is 3. The Labute approximate surface area is 222 Å². The van der Waals surface area contributed by atoms with E-state index in [-0.39, 0.29) is 11.9 Å². The third-order valence-electron chi connectivity index (χ3n) is 7.75. The smallest absolute Gasteiger partial charge is 0.317 e. The molecule has 0 saturated heterocycles. The Kier molecular flexibility index (Phi) is 6.82. The van der Waals surface area contributed by atoms with Gasteiger partial charge in [-0.15, -0.1) is 0 Å². The second-order valence-electron chi connectivity index (χ2n) is 10.2. The maximum Gasteiger partial charge on any atom is 0.317 e. The summed E-state index contributed by atoms with van der Waals surface area (Å²) in [7, 11) is 0. The van der Waals surface area contributed by atoms with E-state index in [0.717, 1.165) is 54.6 Å². The monoisotopic (exact) mass is 508 g/mol. The van der Waals surface area contributed by atoms with Crippen LogP contribution in [0.2, 0.25) is 0 Å². The van der Waals surface area contributed by atoms with Crippen molar-refractivity contribution in [2.24, 2.45) is 0 Å². The number of hydrogen-bond donors (Lipinski definition) is 2. The van der Waals surface area contributed by atoms with E-state index in [1.54, 1.807) is 12.3 Å². The predicted octanol–water partition coefficient (Wildman–Crippen LogP) is 5.50. The minimum Gasteiger partial charge on any atom is -0.467 e. The van der Waals surface area contributed by atoms with Crippen LogP contribution < -0.4 is 10.6 Å². The van der Waals surface area contributed by atoms with Crippen LogP contribution in [0.3, 0.4) is 0 Å². The third kappa shape index (κ3) is 5.14. The summed E-state index contributed by atoms with van der Waals surface area (Å²) >= 11 is 0. The van der Waals surface area contributed by atoms with E-state index in [4.69, 9.17) is 9.40 Å². The van der Waals surface area contributed by atoms with Crippen molar-refractivity contribution >= 4 is 17.5 Å². The van der Waals surface area contributed by atoms with Gasteiger partial charge in [-0.2, -0.15) is 0 Å². The van der Waals surface area contributed by atoms with E-state index in [9.17, 15) is 9.59 Å². The van der Waals surface area contributed by atoms with Crippen molar-refractivity contribution in [3.63, 3.8) is 0 Å². The number of furan rings is 1. The van der Waals surface area contributed by atoms with Crippen LogP contribution in [0, 0.1) is 0 Å². The molecule has 0 atom stereocenters. The van der Waals surface area contributed by atoms with Crippen LogP contribution in [0.4, 0.5) is 4.79 Å². The SMILES string of the molecule is O=C(NCc1ccco1)c1cccc(-c2cnc3c(c2)C(C2=CCN(C(=O)NC4CCCC4)CC2)=CC3)c1. The van der Waals surface area contributed by atoms with Gasteiger partial charge in [0.2, 0.25) is 0 Å². The largest absolute Gasteiger partial charge is 0.467 e. The second-order valence-corrected chi connectivity index (χ2v) is 10.2. The first-order chi connectivity index (χ1) is 18.6. The van der Waals surface area contributed by atoms with Crippen molar-refractivity contribution in [1.29, 1.82) is 0 Å². The summed E-state index contributed by atoms with van der Waals surface area (Å²) in [4.78, 5) is 32.1. The number of fused-ring (bicyclic) bond motifs is 1. The first kappa shape index (κ1) is 24.2. The summed E-state index contributed by atoms with van der Waals surface area (Å²) in [5, 5.41) is 6.11. The number of aromatic nitrogens is 1. The van der Waals surface area contributed by atoms with Gasteiger partial charge >= 0.3 is 6.03 Å². The summed E-state index contributed by atoms with van der Waals surface area (Å²) in [6, 6.07) is 13.8. The fourth-order valence-corrected chi connectivity index (χ4v) is 5.62. The molecule has 2 aliphatic carbocycles. The molecule has 38 heavy (non-hydrogen) atoms. The molecule has 3 aliphatic rings. The van der Waals surface area contributed by atoms with Gasteiger partial charge in [-0.25, -0.2) is 4.79 Å². The minimum atomic E-state index is -0.146. The maximum absolute atomic E-state index is 12.7. The van der Waals surface area contributed by atoms with Crippen molar-refractivity contribution in [2.75, 3.05) is 13.1 Å². The lowest BCUT2D eigenvalue weighted by atomic mass is 9.94. The van der Waals surface area contributed by atoms with Gasteiger partial charge < -0.3 is 20.0 Å². The number of hydrogen-bond acceptors (Lipinski definition) is 4. The molecule has 1 saturated carbocycles. The number of nitrogens with one attached hydrogen (secondary N) is 2.